The summed E-state index contributed by atoms with van der Waals surface area (Å²) in [6.45, 7) is 4.51. The molecule has 0 bridgehead atoms. The predicted molar refractivity (Wildman–Crippen MR) is 240 cm³/mol. The fraction of sp³-hybridized carbons (Fsp3) is 0.780. The molecule has 0 saturated carbocycles. The molecule has 0 aliphatic rings. The minimum absolute atomic E-state index is 0.0264. The van der Waals surface area contributed by atoms with E-state index in [1.807, 2.05) is 0 Å². The number of carboxylic acids is 1. The summed E-state index contributed by atoms with van der Waals surface area (Å²) in [5.41, 5.74) is 0. The zero-order valence-corrected chi connectivity index (χ0v) is 38.2. The van der Waals surface area contributed by atoms with Gasteiger partial charge in [0.05, 0.1) is 40.3 Å². The van der Waals surface area contributed by atoms with Gasteiger partial charge in [-0.05, 0) is 70.6 Å². The number of esters is 2. The van der Waals surface area contributed by atoms with E-state index in [2.05, 4.69) is 62.5 Å². The number of carbonyl (C=O) groups excluding carboxylic acids is 3. The van der Waals surface area contributed by atoms with Crippen LogP contribution in [0.3, 0.4) is 0 Å². The third-order valence-electron chi connectivity index (χ3n) is 10.4. The number of carboxylic acid groups (broad SMARTS) is 1. The van der Waals surface area contributed by atoms with Crippen LogP contribution in [0.4, 0.5) is 0 Å². The van der Waals surface area contributed by atoms with Crippen molar-refractivity contribution in [1.82, 2.24) is 0 Å². The normalized spacial score (nSPS) is 13.3. The lowest BCUT2D eigenvalue weighted by molar-refractivity contribution is -0.889. The van der Waals surface area contributed by atoms with E-state index in [9.17, 15) is 19.5 Å². The van der Waals surface area contributed by atoms with E-state index in [0.29, 0.717) is 19.3 Å². The smallest absolute Gasteiger partial charge is 0.306 e. The van der Waals surface area contributed by atoms with Crippen LogP contribution in [0, 0.1) is 0 Å². The standard InChI is InChI=1S/C50H89NO7/c1-6-8-10-12-14-16-18-20-21-22-23-24-25-26-27-28-29-31-33-35-37-39-41-49(53)58-46(44-56-43-42-47(50(54)55)51(3,4)5)45-57-48(52)40-38-36-34-32-30-19-17-15-13-11-9-7-2/h9,11,15,17,25-26,30,32,46-47H,6-8,10,12-14,16,18-24,27-29,31,33-45H2,1-5H3/b11-9+,17-15+,26-25+,32-30+. The first-order valence-electron chi connectivity index (χ1n) is 23.7. The van der Waals surface area contributed by atoms with E-state index in [1.54, 1.807) is 21.1 Å². The first-order chi connectivity index (χ1) is 28.1. The van der Waals surface area contributed by atoms with Gasteiger partial charge in [-0.1, -0.05) is 159 Å². The van der Waals surface area contributed by atoms with Crippen molar-refractivity contribution in [2.75, 3.05) is 41.0 Å². The van der Waals surface area contributed by atoms with Crippen molar-refractivity contribution in [2.45, 2.75) is 212 Å². The molecule has 0 fully saturated rings. The summed E-state index contributed by atoms with van der Waals surface area (Å²) in [6, 6.07) is -0.733. The molecule has 0 radical (unpaired) electrons. The molecule has 0 aromatic rings. The monoisotopic (exact) mass is 816 g/mol. The summed E-state index contributed by atoms with van der Waals surface area (Å²) < 4.78 is 17.1. The van der Waals surface area contributed by atoms with Gasteiger partial charge in [-0.15, -0.1) is 0 Å². The van der Waals surface area contributed by atoms with Crippen molar-refractivity contribution in [1.29, 1.82) is 0 Å². The lowest BCUT2D eigenvalue weighted by Crippen LogP contribution is -2.55. The molecule has 0 rings (SSSR count). The summed E-state index contributed by atoms with van der Waals surface area (Å²) in [6.07, 6.45) is 48.7. The largest absolute Gasteiger partial charge is 0.544 e. The first-order valence-corrected chi connectivity index (χ1v) is 23.7. The lowest BCUT2D eigenvalue weighted by atomic mass is 10.0. The molecular weight excluding hydrogens is 727 g/mol. The summed E-state index contributed by atoms with van der Waals surface area (Å²) >= 11 is 0. The maximum atomic E-state index is 12.7. The average Bonchev–Trinajstić information content (AvgIpc) is 3.18. The van der Waals surface area contributed by atoms with Gasteiger partial charge in [0.25, 0.3) is 0 Å². The van der Waals surface area contributed by atoms with Crippen LogP contribution >= 0.6 is 0 Å². The van der Waals surface area contributed by atoms with Crippen LogP contribution in [0.1, 0.15) is 200 Å². The Kier molecular flexibility index (Phi) is 39.1. The van der Waals surface area contributed by atoms with E-state index in [-0.39, 0.29) is 42.7 Å². The van der Waals surface area contributed by atoms with Gasteiger partial charge in [-0.2, -0.15) is 0 Å². The Morgan fingerprint density at radius 3 is 1.48 bits per heavy atom. The third-order valence-corrected chi connectivity index (χ3v) is 10.4. The number of rotatable bonds is 42. The molecule has 336 valence electrons. The van der Waals surface area contributed by atoms with Crippen LogP contribution in [0.15, 0.2) is 48.6 Å². The van der Waals surface area contributed by atoms with E-state index < -0.39 is 18.1 Å². The number of quaternary nitrogens is 1. The molecule has 0 aliphatic heterocycles. The molecule has 0 aromatic carbocycles. The second-order valence-electron chi connectivity index (χ2n) is 17.0. The van der Waals surface area contributed by atoms with Crippen molar-refractivity contribution < 1.29 is 38.2 Å². The molecule has 0 heterocycles. The van der Waals surface area contributed by atoms with E-state index >= 15 is 0 Å². The first kappa shape index (κ1) is 55.3. The van der Waals surface area contributed by atoms with E-state index in [0.717, 1.165) is 51.4 Å². The van der Waals surface area contributed by atoms with Gasteiger partial charge in [0.1, 0.15) is 12.6 Å². The van der Waals surface area contributed by atoms with Crippen LogP contribution in [0.2, 0.25) is 0 Å². The second kappa shape index (κ2) is 41.0. The highest BCUT2D eigenvalue weighted by atomic mass is 16.6. The molecular formula is C50H89NO7. The number of nitrogens with zero attached hydrogens (tertiary/aromatic N) is 1. The molecule has 58 heavy (non-hydrogen) atoms. The fourth-order valence-corrected chi connectivity index (χ4v) is 6.79. The van der Waals surface area contributed by atoms with Gasteiger partial charge < -0.3 is 28.6 Å². The zero-order chi connectivity index (χ0) is 42.8. The Hall–Kier alpha value is -2.71. The molecule has 0 amide bonds. The number of hydrogen-bond acceptors (Lipinski definition) is 7. The molecule has 8 heteroatoms. The van der Waals surface area contributed by atoms with Gasteiger partial charge in [-0.3, -0.25) is 9.59 Å². The Bertz CT molecular complexity index is 1090. The number of carbonyl (C=O) groups is 3. The lowest BCUT2D eigenvalue weighted by Gasteiger charge is -2.34. The number of ether oxygens (including phenoxy) is 3. The van der Waals surface area contributed by atoms with Crippen LogP contribution in [-0.4, -0.2) is 75.5 Å². The van der Waals surface area contributed by atoms with Crippen molar-refractivity contribution in [3.05, 3.63) is 48.6 Å². The van der Waals surface area contributed by atoms with E-state index in [4.69, 9.17) is 14.2 Å². The SMILES string of the molecule is CC/C=C/C/C=C/C/C=C/CCCCC(=O)OCC(COCCC(C(=O)[O-])[N+](C)(C)C)OC(=O)CCCCCCCCC/C=C/CCCCCCCCCCCCC. The minimum Gasteiger partial charge on any atom is -0.544 e. The highest BCUT2D eigenvalue weighted by molar-refractivity contribution is 5.70. The molecule has 0 aliphatic carbocycles. The predicted octanol–water partition coefficient (Wildman–Crippen LogP) is 11.9. The number of unbranched alkanes of at least 4 members (excludes halogenated alkanes) is 20. The Morgan fingerprint density at radius 1 is 0.534 bits per heavy atom. The Morgan fingerprint density at radius 2 is 0.966 bits per heavy atom. The van der Waals surface area contributed by atoms with Gasteiger partial charge >= 0.3 is 11.9 Å². The quantitative estimate of drug-likeness (QED) is 0.0262. The van der Waals surface area contributed by atoms with Gasteiger partial charge in [0.2, 0.25) is 0 Å². The topological polar surface area (TPSA) is 102 Å². The minimum atomic E-state index is -1.13. The Labute approximate surface area is 356 Å². The molecule has 8 nitrogen and oxygen atoms in total. The van der Waals surface area contributed by atoms with Gasteiger partial charge in [0.15, 0.2) is 6.10 Å². The third kappa shape index (κ3) is 38.8. The Balaban J connectivity index is 4.27. The maximum Gasteiger partial charge on any atom is 0.306 e. The summed E-state index contributed by atoms with van der Waals surface area (Å²) in [7, 11) is 5.39. The van der Waals surface area contributed by atoms with Crippen molar-refractivity contribution >= 4 is 17.9 Å². The molecule has 0 aromatic heterocycles. The van der Waals surface area contributed by atoms with Crippen LogP contribution in [0.5, 0.6) is 0 Å². The number of hydrogen-bond donors (Lipinski definition) is 0. The molecule has 2 atom stereocenters. The summed E-state index contributed by atoms with van der Waals surface area (Å²) in [5, 5.41) is 11.6. The molecule has 0 saturated heterocycles. The molecule has 2 unspecified atom stereocenters. The van der Waals surface area contributed by atoms with Crippen molar-refractivity contribution in [3.63, 3.8) is 0 Å². The number of allylic oxidation sites excluding steroid dienone is 8. The number of aliphatic carboxylic acids is 1. The van der Waals surface area contributed by atoms with Crippen molar-refractivity contribution in [2.24, 2.45) is 0 Å². The summed E-state index contributed by atoms with van der Waals surface area (Å²) in [5.74, 6) is -1.79. The van der Waals surface area contributed by atoms with E-state index in [1.165, 1.54) is 109 Å². The summed E-state index contributed by atoms with van der Waals surface area (Å²) in [4.78, 5) is 36.9. The van der Waals surface area contributed by atoms with Crippen molar-refractivity contribution in [3.8, 4) is 0 Å². The fourth-order valence-electron chi connectivity index (χ4n) is 6.79. The van der Waals surface area contributed by atoms with Crippen LogP contribution < -0.4 is 5.11 Å². The molecule has 0 spiro atoms. The molecule has 0 N–H and O–H groups in total. The highest BCUT2D eigenvalue weighted by Gasteiger charge is 2.25. The average molecular weight is 816 g/mol. The number of likely N-dealkylation sites (N-methyl/N-ethyl adjacent to an activating group) is 1. The van der Waals surface area contributed by atoms with Gasteiger partial charge in [0, 0.05) is 19.3 Å². The van der Waals surface area contributed by atoms with Crippen LogP contribution in [0.25, 0.3) is 0 Å². The second-order valence-corrected chi connectivity index (χ2v) is 17.0. The zero-order valence-electron chi connectivity index (χ0n) is 38.2. The maximum absolute atomic E-state index is 12.7. The highest BCUT2D eigenvalue weighted by Crippen LogP contribution is 2.14. The van der Waals surface area contributed by atoms with Crippen LogP contribution in [-0.2, 0) is 28.6 Å². The van der Waals surface area contributed by atoms with Gasteiger partial charge in [-0.25, -0.2) is 0 Å².